The van der Waals surface area contributed by atoms with Crippen molar-refractivity contribution < 1.29 is 9.53 Å². The highest BCUT2D eigenvalue weighted by Gasteiger charge is 2.04. The van der Waals surface area contributed by atoms with Gasteiger partial charge in [0.2, 0.25) is 0 Å². The Morgan fingerprint density at radius 2 is 1.92 bits per heavy atom. The van der Waals surface area contributed by atoms with E-state index < -0.39 is 0 Å². The summed E-state index contributed by atoms with van der Waals surface area (Å²) in [6.45, 7) is 0. The number of ether oxygens (including phenoxy) is 1. The van der Waals surface area contributed by atoms with Gasteiger partial charge in [0.15, 0.2) is 0 Å². The molecule has 0 saturated heterocycles. The molecule has 70 valence electrons. The molecule has 0 unspecified atom stereocenters. The Labute approximate surface area is 91.2 Å². The minimum atomic E-state index is -0.303. The zero-order valence-electron chi connectivity index (χ0n) is 7.45. The summed E-state index contributed by atoms with van der Waals surface area (Å²) < 4.78 is 6.53. The summed E-state index contributed by atoms with van der Waals surface area (Å²) in [5.74, 6) is -0.303. The van der Waals surface area contributed by atoms with E-state index in [1.807, 2.05) is 22.3 Å². The molecule has 0 aliphatic rings. The second-order valence-corrected chi connectivity index (χ2v) is 3.96. The molecular weight excluding hydrogens is 281 g/mol. The lowest BCUT2D eigenvalue weighted by atomic mass is 10.2. The lowest BCUT2D eigenvalue weighted by Crippen LogP contribution is -2.03. The number of hydrogen-bond acceptors (Lipinski definition) is 3. The zero-order chi connectivity index (χ0) is 9.84. The predicted molar refractivity (Wildman–Crippen MR) is 60.2 cm³/mol. The van der Waals surface area contributed by atoms with E-state index in [0.717, 1.165) is 5.69 Å². The van der Waals surface area contributed by atoms with Crippen molar-refractivity contribution in [3.05, 3.63) is 29.8 Å². The lowest BCUT2D eigenvalue weighted by Gasteiger charge is -2.09. The van der Waals surface area contributed by atoms with E-state index in [1.165, 1.54) is 7.11 Å². The Bertz CT molecular complexity index is 295. The number of carbonyl (C=O) groups excluding carboxylic acids is 1. The number of methoxy groups -OCH3 is 1. The van der Waals surface area contributed by atoms with Gasteiger partial charge in [0.25, 0.3) is 0 Å². The molecule has 1 rings (SSSR count). The molecule has 1 aromatic rings. The largest absolute Gasteiger partial charge is 0.465 e. The highest BCUT2D eigenvalue weighted by molar-refractivity contribution is 14.1. The highest BCUT2D eigenvalue weighted by Crippen LogP contribution is 2.16. The molecule has 0 heterocycles. The van der Waals surface area contributed by atoms with Crippen LogP contribution in [0.25, 0.3) is 0 Å². The monoisotopic (exact) mass is 291 g/mol. The van der Waals surface area contributed by atoms with Gasteiger partial charge in [-0.3, -0.25) is 0 Å². The SMILES string of the molecule is COC(=O)c1ccc(N(C)I)cc1. The third-order valence-electron chi connectivity index (χ3n) is 1.64. The van der Waals surface area contributed by atoms with E-state index in [-0.39, 0.29) is 5.97 Å². The second-order valence-electron chi connectivity index (χ2n) is 2.52. The van der Waals surface area contributed by atoms with E-state index in [9.17, 15) is 4.79 Å². The van der Waals surface area contributed by atoms with Crippen LogP contribution in [0.3, 0.4) is 0 Å². The molecule has 0 atom stereocenters. The molecule has 0 fully saturated rings. The van der Waals surface area contributed by atoms with Crippen LogP contribution in [0.2, 0.25) is 0 Å². The van der Waals surface area contributed by atoms with Gasteiger partial charge in [-0.2, -0.15) is 0 Å². The van der Waals surface area contributed by atoms with Gasteiger partial charge in [0.05, 0.1) is 35.5 Å². The van der Waals surface area contributed by atoms with Gasteiger partial charge in [-0.25, -0.2) is 4.79 Å². The van der Waals surface area contributed by atoms with Gasteiger partial charge in [-0.1, -0.05) is 0 Å². The molecule has 0 radical (unpaired) electrons. The summed E-state index contributed by atoms with van der Waals surface area (Å²) >= 11 is 2.16. The topological polar surface area (TPSA) is 29.5 Å². The zero-order valence-corrected chi connectivity index (χ0v) is 9.61. The molecule has 0 spiro atoms. The maximum absolute atomic E-state index is 11.1. The third kappa shape index (κ3) is 2.58. The predicted octanol–water partition coefficient (Wildman–Crippen LogP) is 2.26. The van der Waals surface area contributed by atoms with Gasteiger partial charge in [0.1, 0.15) is 0 Å². The molecule has 3 nitrogen and oxygen atoms in total. The number of benzene rings is 1. The normalized spacial score (nSPS) is 9.46. The summed E-state index contributed by atoms with van der Waals surface area (Å²) in [7, 11) is 3.31. The van der Waals surface area contributed by atoms with Gasteiger partial charge in [-0.15, -0.1) is 0 Å². The standard InChI is InChI=1S/C9H10INO2/c1-11(10)8-5-3-7(4-6-8)9(12)13-2/h3-6H,1-2H3. The van der Waals surface area contributed by atoms with E-state index >= 15 is 0 Å². The quantitative estimate of drug-likeness (QED) is 0.475. The molecule has 0 bridgehead atoms. The van der Waals surface area contributed by atoms with Crippen LogP contribution >= 0.6 is 22.9 Å². The summed E-state index contributed by atoms with van der Waals surface area (Å²) in [5.41, 5.74) is 1.62. The first-order valence-electron chi connectivity index (χ1n) is 3.73. The Balaban J connectivity index is 2.87. The fourth-order valence-corrected chi connectivity index (χ4v) is 1.24. The van der Waals surface area contributed by atoms with E-state index in [1.54, 1.807) is 12.1 Å². The molecule has 0 aliphatic heterocycles. The van der Waals surface area contributed by atoms with Crippen molar-refractivity contribution >= 4 is 34.5 Å². The average Bonchev–Trinajstić information content (AvgIpc) is 2.17. The van der Waals surface area contributed by atoms with Crippen molar-refractivity contribution in [3.8, 4) is 0 Å². The Morgan fingerprint density at radius 1 is 1.38 bits per heavy atom. The van der Waals surface area contributed by atoms with Crippen LogP contribution in [0.4, 0.5) is 5.69 Å². The van der Waals surface area contributed by atoms with Crippen LogP contribution in [-0.2, 0) is 4.74 Å². The minimum Gasteiger partial charge on any atom is -0.465 e. The van der Waals surface area contributed by atoms with Crippen molar-refractivity contribution in [1.29, 1.82) is 0 Å². The van der Waals surface area contributed by atoms with Crippen LogP contribution in [0, 0.1) is 0 Å². The van der Waals surface area contributed by atoms with Crippen LogP contribution < -0.4 is 3.11 Å². The van der Waals surface area contributed by atoms with Crippen LogP contribution in [0.5, 0.6) is 0 Å². The first-order chi connectivity index (χ1) is 6.15. The van der Waals surface area contributed by atoms with Crippen molar-refractivity contribution in [2.45, 2.75) is 0 Å². The second kappa shape index (κ2) is 4.45. The number of hydrogen-bond donors (Lipinski definition) is 0. The molecule has 0 amide bonds. The van der Waals surface area contributed by atoms with Gasteiger partial charge >= 0.3 is 5.97 Å². The first-order valence-corrected chi connectivity index (χ1v) is 4.69. The Hall–Kier alpha value is -0.780. The van der Waals surface area contributed by atoms with E-state index in [0.29, 0.717) is 5.56 Å². The summed E-state index contributed by atoms with van der Waals surface area (Å²) in [4.78, 5) is 11.1. The molecule has 4 heteroatoms. The number of nitrogens with zero attached hydrogens (tertiary/aromatic N) is 1. The summed E-state index contributed by atoms with van der Waals surface area (Å²) in [6.07, 6.45) is 0. The molecule has 13 heavy (non-hydrogen) atoms. The number of rotatable bonds is 2. The Kier molecular flexibility index (Phi) is 3.53. The molecule has 0 aliphatic carbocycles. The van der Waals surface area contributed by atoms with Crippen LogP contribution in [0.1, 0.15) is 10.4 Å². The summed E-state index contributed by atoms with van der Waals surface area (Å²) in [5, 5.41) is 0. The molecule has 0 N–H and O–H groups in total. The van der Waals surface area contributed by atoms with Crippen molar-refractivity contribution in [2.24, 2.45) is 0 Å². The highest BCUT2D eigenvalue weighted by atomic mass is 127. The van der Waals surface area contributed by atoms with E-state index in [4.69, 9.17) is 0 Å². The fourth-order valence-electron chi connectivity index (χ4n) is 0.921. The van der Waals surface area contributed by atoms with Gasteiger partial charge < -0.3 is 7.85 Å². The first kappa shape index (κ1) is 10.3. The van der Waals surface area contributed by atoms with E-state index in [2.05, 4.69) is 27.6 Å². The van der Waals surface area contributed by atoms with Crippen molar-refractivity contribution in [2.75, 3.05) is 17.3 Å². The van der Waals surface area contributed by atoms with Crippen molar-refractivity contribution in [3.63, 3.8) is 0 Å². The molecular formula is C9H10INO2. The van der Waals surface area contributed by atoms with Gasteiger partial charge in [-0.05, 0) is 24.3 Å². The smallest absolute Gasteiger partial charge is 0.337 e. The third-order valence-corrected chi connectivity index (χ3v) is 2.20. The fraction of sp³-hybridized carbons (Fsp3) is 0.222. The minimum absolute atomic E-state index is 0.303. The maximum Gasteiger partial charge on any atom is 0.337 e. The molecule has 1 aromatic carbocycles. The number of carbonyl (C=O) groups is 1. The lowest BCUT2D eigenvalue weighted by molar-refractivity contribution is 0.0601. The molecule has 0 aromatic heterocycles. The maximum atomic E-state index is 11.1. The molecule has 0 saturated carbocycles. The number of anilines is 1. The summed E-state index contributed by atoms with van der Waals surface area (Å²) in [6, 6.07) is 7.24. The van der Waals surface area contributed by atoms with Crippen molar-refractivity contribution in [1.82, 2.24) is 0 Å². The van der Waals surface area contributed by atoms with Crippen LogP contribution in [-0.4, -0.2) is 20.1 Å². The Morgan fingerprint density at radius 3 is 2.31 bits per heavy atom. The number of halogens is 1. The van der Waals surface area contributed by atoms with Crippen LogP contribution in [0.15, 0.2) is 24.3 Å². The van der Waals surface area contributed by atoms with Gasteiger partial charge in [0, 0.05) is 12.7 Å². The number of esters is 1. The average molecular weight is 291 g/mol.